The molecule has 0 aliphatic carbocycles. The highest BCUT2D eigenvalue weighted by molar-refractivity contribution is 5.79. The number of aromatic nitrogens is 1. The minimum absolute atomic E-state index is 0.132. The highest BCUT2D eigenvalue weighted by Gasteiger charge is 2.25. The molecule has 1 aliphatic heterocycles. The molecule has 5 heteroatoms. The second-order valence-electron chi connectivity index (χ2n) is 4.80. The van der Waals surface area contributed by atoms with Gasteiger partial charge in [0.25, 0.3) is 0 Å². The zero-order valence-electron chi connectivity index (χ0n) is 11.1. The number of carbonyl (C=O) groups is 1. The Kier molecular flexibility index (Phi) is 4.01. The Balaban J connectivity index is 2.08. The summed E-state index contributed by atoms with van der Waals surface area (Å²) in [5.74, 6) is 0.972. The van der Waals surface area contributed by atoms with Crippen molar-refractivity contribution in [3.63, 3.8) is 0 Å². The van der Waals surface area contributed by atoms with Crippen molar-refractivity contribution in [1.82, 2.24) is 10.1 Å². The van der Waals surface area contributed by atoms with Crippen LogP contribution in [-0.2, 0) is 24.1 Å². The number of nitrogens with zero attached hydrogens (tertiary/aromatic N) is 2. The minimum atomic E-state index is 0.132. The predicted octanol–water partition coefficient (Wildman–Crippen LogP) is 0.902. The fourth-order valence-electron chi connectivity index (χ4n) is 2.41. The third kappa shape index (κ3) is 2.56. The summed E-state index contributed by atoms with van der Waals surface area (Å²) >= 11 is 0. The van der Waals surface area contributed by atoms with Crippen molar-refractivity contribution in [2.24, 2.45) is 5.73 Å². The Morgan fingerprint density at radius 1 is 1.50 bits per heavy atom. The zero-order chi connectivity index (χ0) is 13.1. The van der Waals surface area contributed by atoms with Crippen molar-refractivity contribution in [2.45, 2.75) is 45.6 Å². The molecule has 1 aliphatic rings. The Morgan fingerprint density at radius 2 is 2.28 bits per heavy atom. The molecule has 0 spiro atoms. The maximum absolute atomic E-state index is 12.2. The van der Waals surface area contributed by atoms with Crippen molar-refractivity contribution in [1.29, 1.82) is 0 Å². The first-order valence-electron chi connectivity index (χ1n) is 6.65. The normalized spacial score (nSPS) is 19.5. The van der Waals surface area contributed by atoms with Gasteiger partial charge < -0.3 is 15.2 Å². The first-order chi connectivity index (χ1) is 8.65. The van der Waals surface area contributed by atoms with Crippen LogP contribution in [-0.4, -0.2) is 35.1 Å². The van der Waals surface area contributed by atoms with E-state index in [1.807, 2.05) is 18.7 Å². The fourth-order valence-corrected chi connectivity index (χ4v) is 2.41. The number of likely N-dealkylation sites (tertiary alicyclic amines) is 1. The van der Waals surface area contributed by atoms with E-state index in [1.165, 1.54) is 0 Å². The molecule has 1 fully saturated rings. The van der Waals surface area contributed by atoms with E-state index >= 15 is 0 Å². The van der Waals surface area contributed by atoms with Crippen molar-refractivity contribution >= 4 is 5.91 Å². The van der Waals surface area contributed by atoms with E-state index in [9.17, 15) is 4.79 Å². The molecule has 2 rings (SSSR count). The molecular formula is C13H21N3O2. The quantitative estimate of drug-likeness (QED) is 0.863. The molecule has 1 atom stereocenters. The fraction of sp³-hybridized carbons (Fsp3) is 0.692. The van der Waals surface area contributed by atoms with Gasteiger partial charge in [0.15, 0.2) is 0 Å². The molecule has 0 radical (unpaired) electrons. The number of hydrogen-bond donors (Lipinski definition) is 1. The van der Waals surface area contributed by atoms with Crippen LogP contribution >= 0.6 is 0 Å². The maximum atomic E-state index is 12.2. The van der Waals surface area contributed by atoms with Gasteiger partial charge >= 0.3 is 0 Å². The first-order valence-corrected chi connectivity index (χ1v) is 6.65. The highest BCUT2D eigenvalue weighted by Crippen LogP contribution is 2.18. The van der Waals surface area contributed by atoms with Crippen molar-refractivity contribution < 1.29 is 9.32 Å². The largest absolute Gasteiger partial charge is 0.361 e. The molecule has 18 heavy (non-hydrogen) atoms. The summed E-state index contributed by atoms with van der Waals surface area (Å²) in [6, 6.07) is 0.132. The molecule has 2 heterocycles. The van der Waals surface area contributed by atoms with Crippen LogP contribution in [0.2, 0.25) is 0 Å². The topological polar surface area (TPSA) is 72.4 Å². The van der Waals surface area contributed by atoms with Gasteiger partial charge in [-0.2, -0.15) is 0 Å². The van der Waals surface area contributed by atoms with Crippen LogP contribution in [0.1, 0.15) is 37.3 Å². The summed E-state index contributed by atoms with van der Waals surface area (Å²) in [5.41, 5.74) is 7.71. The molecular weight excluding hydrogens is 230 g/mol. The Labute approximate surface area is 107 Å². The van der Waals surface area contributed by atoms with Crippen LogP contribution in [0.3, 0.4) is 0 Å². The number of rotatable bonds is 4. The maximum Gasteiger partial charge on any atom is 0.227 e. The van der Waals surface area contributed by atoms with Crippen LogP contribution in [0, 0.1) is 0 Å². The second-order valence-corrected chi connectivity index (χ2v) is 4.80. The molecule has 1 amide bonds. The highest BCUT2D eigenvalue weighted by atomic mass is 16.5. The molecule has 1 aromatic rings. The third-order valence-electron chi connectivity index (χ3n) is 3.51. The monoisotopic (exact) mass is 251 g/mol. The van der Waals surface area contributed by atoms with Crippen LogP contribution < -0.4 is 5.73 Å². The van der Waals surface area contributed by atoms with Crippen LogP contribution in [0.15, 0.2) is 4.52 Å². The number of carbonyl (C=O) groups excluding carboxylic acids is 1. The van der Waals surface area contributed by atoms with Gasteiger partial charge in [-0.3, -0.25) is 4.79 Å². The Bertz CT molecular complexity index is 406. The van der Waals surface area contributed by atoms with Crippen LogP contribution in [0.5, 0.6) is 0 Å². The molecule has 0 saturated carbocycles. The average Bonchev–Trinajstić information content (AvgIpc) is 2.95. The Hall–Kier alpha value is -1.36. The first kappa shape index (κ1) is 13.1. The summed E-state index contributed by atoms with van der Waals surface area (Å²) < 4.78 is 5.28. The van der Waals surface area contributed by atoms with Gasteiger partial charge in [0.1, 0.15) is 5.76 Å². The second kappa shape index (κ2) is 5.52. The van der Waals surface area contributed by atoms with Gasteiger partial charge in [-0.25, -0.2) is 0 Å². The predicted molar refractivity (Wildman–Crippen MR) is 68.1 cm³/mol. The lowest BCUT2D eigenvalue weighted by Gasteiger charge is -2.15. The van der Waals surface area contributed by atoms with E-state index in [0.29, 0.717) is 13.0 Å². The summed E-state index contributed by atoms with van der Waals surface area (Å²) in [5, 5.41) is 4.03. The standard InChI is InChI=1S/C13H21N3O2/c1-3-11-10(12(4-2)18-15-11)7-13(17)16-6-5-9(14)8-16/h9H,3-8,14H2,1-2H3/t9-/m0/s1. The lowest BCUT2D eigenvalue weighted by Crippen LogP contribution is -2.33. The van der Waals surface area contributed by atoms with E-state index in [0.717, 1.165) is 42.8 Å². The lowest BCUT2D eigenvalue weighted by atomic mass is 10.1. The molecule has 1 saturated heterocycles. The summed E-state index contributed by atoms with van der Waals surface area (Å²) in [4.78, 5) is 14.0. The van der Waals surface area contributed by atoms with Crippen molar-refractivity contribution in [2.75, 3.05) is 13.1 Å². The third-order valence-corrected chi connectivity index (χ3v) is 3.51. The Morgan fingerprint density at radius 3 is 2.83 bits per heavy atom. The van der Waals surface area contributed by atoms with E-state index in [1.54, 1.807) is 0 Å². The summed E-state index contributed by atoms with van der Waals surface area (Å²) in [6.07, 6.45) is 2.86. The van der Waals surface area contributed by atoms with Gasteiger partial charge in [0, 0.05) is 31.1 Å². The summed E-state index contributed by atoms with van der Waals surface area (Å²) in [6.45, 7) is 5.48. The minimum Gasteiger partial charge on any atom is -0.361 e. The number of amides is 1. The SMILES string of the molecule is CCc1noc(CC)c1CC(=O)N1CC[C@H](N)C1. The van der Waals surface area contributed by atoms with Crippen molar-refractivity contribution in [3.8, 4) is 0 Å². The molecule has 0 aromatic carbocycles. The van der Waals surface area contributed by atoms with Gasteiger partial charge in [-0.05, 0) is 12.8 Å². The molecule has 1 aromatic heterocycles. The molecule has 0 bridgehead atoms. The number of hydrogen-bond acceptors (Lipinski definition) is 4. The summed E-state index contributed by atoms with van der Waals surface area (Å²) in [7, 11) is 0. The van der Waals surface area contributed by atoms with Crippen molar-refractivity contribution in [3.05, 3.63) is 17.0 Å². The average molecular weight is 251 g/mol. The molecule has 100 valence electrons. The molecule has 2 N–H and O–H groups in total. The van der Waals surface area contributed by atoms with Gasteiger partial charge in [0.2, 0.25) is 5.91 Å². The smallest absolute Gasteiger partial charge is 0.227 e. The van der Waals surface area contributed by atoms with Gasteiger partial charge in [-0.1, -0.05) is 19.0 Å². The van der Waals surface area contributed by atoms with E-state index in [2.05, 4.69) is 5.16 Å². The van der Waals surface area contributed by atoms with Crippen LogP contribution in [0.25, 0.3) is 0 Å². The molecule has 0 unspecified atom stereocenters. The van der Waals surface area contributed by atoms with Gasteiger partial charge in [0.05, 0.1) is 12.1 Å². The lowest BCUT2D eigenvalue weighted by molar-refractivity contribution is -0.129. The van der Waals surface area contributed by atoms with Gasteiger partial charge in [-0.15, -0.1) is 0 Å². The zero-order valence-corrected chi connectivity index (χ0v) is 11.1. The van der Waals surface area contributed by atoms with E-state index in [-0.39, 0.29) is 11.9 Å². The molecule has 5 nitrogen and oxygen atoms in total. The van der Waals surface area contributed by atoms with Crippen LogP contribution in [0.4, 0.5) is 0 Å². The number of nitrogens with two attached hydrogens (primary N) is 1. The van der Waals surface area contributed by atoms with E-state index in [4.69, 9.17) is 10.3 Å². The van der Waals surface area contributed by atoms with E-state index < -0.39 is 0 Å². The number of aryl methyl sites for hydroxylation is 2.